The lowest BCUT2D eigenvalue weighted by Gasteiger charge is -2.11. The van der Waals surface area contributed by atoms with E-state index in [0.29, 0.717) is 0 Å². The highest BCUT2D eigenvalue weighted by molar-refractivity contribution is 7.99. The number of aromatic nitrogens is 2. The number of ether oxygens (including phenoxy) is 1. The lowest BCUT2D eigenvalue weighted by Crippen LogP contribution is -2.13. The molecule has 0 spiro atoms. The van der Waals surface area contributed by atoms with Crippen LogP contribution in [-0.4, -0.2) is 22.8 Å². The van der Waals surface area contributed by atoms with Gasteiger partial charge in [0.2, 0.25) is 0 Å². The molecule has 0 saturated heterocycles. The normalized spacial score (nSPS) is 12.4. The number of hydrogen-bond donors (Lipinski definition) is 2. The van der Waals surface area contributed by atoms with Crippen LogP contribution in [0.4, 0.5) is 0 Å². The standard InChI is InChI=1S/C12H15N3OS/c1-16-10-4-2-3-9(7-10)11(13)8-17-12-14-5-6-15-12/h2-7,11H,8,13H2,1H3,(H,14,15). The van der Waals surface area contributed by atoms with Gasteiger partial charge in [0, 0.05) is 24.2 Å². The zero-order valence-electron chi connectivity index (χ0n) is 9.59. The zero-order chi connectivity index (χ0) is 12.1. The van der Waals surface area contributed by atoms with Gasteiger partial charge in [-0.25, -0.2) is 4.98 Å². The van der Waals surface area contributed by atoms with Gasteiger partial charge in [-0.15, -0.1) is 0 Å². The number of methoxy groups -OCH3 is 1. The van der Waals surface area contributed by atoms with Gasteiger partial charge in [-0.2, -0.15) is 0 Å². The molecule has 0 bridgehead atoms. The molecule has 2 rings (SSSR count). The highest BCUT2D eigenvalue weighted by Crippen LogP contribution is 2.23. The fourth-order valence-corrected chi connectivity index (χ4v) is 2.28. The summed E-state index contributed by atoms with van der Waals surface area (Å²) >= 11 is 1.61. The Morgan fingerprint density at radius 3 is 3.12 bits per heavy atom. The Kier molecular flexibility index (Phi) is 4.06. The first kappa shape index (κ1) is 12.0. The SMILES string of the molecule is COc1cccc(C(N)CSc2ncc[nH]2)c1. The molecule has 0 aliphatic heterocycles. The molecule has 0 saturated carbocycles. The molecule has 1 aromatic carbocycles. The summed E-state index contributed by atoms with van der Waals surface area (Å²) in [6.45, 7) is 0. The molecule has 17 heavy (non-hydrogen) atoms. The second kappa shape index (κ2) is 5.75. The Labute approximate surface area is 105 Å². The van der Waals surface area contributed by atoms with E-state index in [9.17, 15) is 0 Å². The third kappa shape index (κ3) is 3.25. The van der Waals surface area contributed by atoms with Crippen LogP contribution in [0, 0.1) is 0 Å². The zero-order valence-corrected chi connectivity index (χ0v) is 10.4. The first-order chi connectivity index (χ1) is 8.29. The maximum absolute atomic E-state index is 6.12. The average Bonchev–Trinajstić information content (AvgIpc) is 2.89. The molecule has 1 unspecified atom stereocenters. The molecule has 1 atom stereocenters. The van der Waals surface area contributed by atoms with Crippen LogP contribution in [0.15, 0.2) is 41.8 Å². The number of H-pyrrole nitrogens is 1. The number of nitrogens with two attached hydrogens (primary N) is 1. The Morgan fingerprint density at radius 2 is 2.41 bits per heavy atom. The summed E-state index contributed by atoms with van der Waals surface area (Å²) in [5.41, 5.74) is 7.19. The van der Waals surface area contributed by atoms with E-state index >= 15 is 0 Å². The van der Waals surface area contributed by atoms with E-state index in [2.05, 4.69) is 9.97 Å². The number of hydrogen-bond acceptors (Lipinski definition) is 4. The Hall–Kier alpha value is -1.46. The molecule has 0 aliphatic rings. The molecule has 1 heterocycles. The molecular formula is C12H15N3OS. The van der Waals surface area contributed by atoms with Crippen molar-refractivity contribution in [1.29, 1.82) is 0 Å². The molecule has 5 heteroatoms. The van der Waals surface area contributed by atoms with Crippen LogP contribution in [0.1, 0.15) is 11.6 Å². The second-order valence-electron chi connectivity index (χ2n) is 3.59. The van der Waals surface area contributed by atoms with E-state index in [4.69, 9.17) is 10.5 Å². The van der Waals surface area contributed by atoms with Crippen molar-refractivity contribution in [3.63, 3.8) is 0 Å². The lowest BCUT2D eigenvalue weighted by molar-refractivity contribution is 0.414. The van der Waals surface area contributed by atoms with Crippen molar-refractivity contribution in [3.8, 4) is 5.75 Å². The Bertz CT molecular complexity index is 459. The van der Waals surface area contributed by atoms with Crippen LogP contribution in [0.5, 0.6) is 5.75 Å². The number of imidazole rings is 1. The monoisotopic (exact) mass is 249 g/mol. The minimum absolute atomic E-state index is 0.0276. The van der Waals surface area contributed by atoms with Gasteiger partial charge in [0.1, 0.15) is 5.75 Å². The number of benzene rings is 1. The first-order valence-electron chi connectivity index (χ1n) is 5.31. The number of rotatable bonds is 5. The van der Waals surface area contributed by atoms with Crippen LogP contribution in [0.2, 0.25) is 0 Å². The van der Waals surface area contributed by atoms with Crippen molar-refractivity contribution in [2.75, 3.05) is 12.9 Å². The number of aromatic amines is 1. The van der Waals surface area contributed by atoms with Gasteiger partial charge in [0.25, 0.3) is 0 Å². The summed E-state index contributed by atoms with van der Waals surface area (Å²) in [7, 11) is 1.65. The summed E-state index contributed by atoms with van der Waals surface area (Å²) in [6, 6.07) is 7.81. The molecule has 0 fully saturated rings. The van der Waals surface area contributed by atoms with Crippen molar-refractivity contribution in [2.45, 2.75) is 11.2 Å². The van der Waals surface area contributed by atoms with Gasteiger partial charge in [0.05, 0.1) is 7.11 Å². The molecule has 0 radical (unpaired) electrons. The van der Waals surface area contributed by atoms with Crippen molar-refractivity contribution in [1.82, 2.24) is 9.97 Å². The van der Waals surface area contributed by atoms with Gasteiger partial charge in [0.15, 0.2) is 5.16 Å². The van der Waals surface area contributed by atoms with Crippen molar-refractivity contribution < 1.29 is 4.74 Å². The fourth-order valence-electron chi connectivity index (χ4n) is 1.47. The molecule has 3 N–H and O–H groups in total. The fraction of sp³-hybridized carbons (Fsp3) is 0.250. The molecule has 0 aliphatic carbocycles. The minimum atomic E-state index is -0.0276. The number of thioether (sulfide) groups is 1. The second-order valence-corrected chi connectivity index (χ2v) is 4.60. The van der Waals surface area contributed by atoms with Crippen LogP contribution >= 0.6 is 11.8 Å². The first-order valence-corrected chi connectivity index (χ1v) is 6.30. The third-order valence-corrected chi connectivity index (χ3v) is 3.42. The molecule has 90 valence electrons. The van der Waals surface area contributed by atoms with Gasteiger partial charge in [-0.1, -0.05) is 23.9 Å². The number of nitrogens with one attached hydrogen (secondary N) is 1. The van der Waals surface area contributed by atoms with Gasteiger partial charge in [-0.05, 0) is 17.7 Å². The van der Waals surface area contributed by atoms with E-state index in [0.717, 1.165) is 22.2 Å². The minimum Gasteiger partial charge on any atom is -0.497 e. The lowest BCUT2D eigenvalue weighted by atomic mass is 10.1. The summed E-state index contributed by atoms with van der Waals surface area (Å²) in [6.07, 6.45) is 3.54. The van der Waals surface area contributed by atoms with E-state index in [1.165, 1.54) is 0 Å². The quantitative estimate of drug-likeness (QED) is 0.797. The van der Waals surface area contributed by atoms with Crippen LogP contribution in [0.3, 0.4) is 0 Å². The molecule has 2 aromatic rings. The molecule has 0 amide bonds. The van der Waals surface area contributed by atoms with Crippen molar-refractivity contribution in [3.05, 3.63) is 42.2 Å². The summed E-state index contributed by atoms with van der Waals surface area (Å²) in [4.78, 5) is 7.18. The summed E-state index contributed by atoms with van der Waals surface area (Å²) in [5.74, 6) is 1.61. The van der Waals surface area contributed by atoms with Crippen molar-refractivity contribution in [2.24, 2.45) is 5.73 Å². The maximum atomic E-state index is 6.12. The van der Waals surface area contributed by atoms with Gasteiger partial charge in [-0.3, -0.25) is 0 Å². The highest BCUT2D eigenvalue weighted by Gasteiger charge is 2.08. The largest absolute Gasteiger partial charge is 0.497 e. The predicted octanol–water partition coefficient (Wildman–Crippen LogP) is 2.21. The average molecular weight is 249 g/mol. The number of nitrogens with zero attached hydrogens (tertiary/aromatic N) is 1. The van der Waals surface area contributed by atoms with Crippen LogP contribution in [0.25, 0.3) is 0 Å². The Morgan fingerprint density at radius 1 is 1.53 bits per heavy atom. The molecular weight excluding hydrogens is 234 g/mol. The highest BCUT2D eigenvalue weighted by atomic mass is 32.2. The Balaban J connectivity index is 1.96. The predicted molar refractivity (Wildman–Crippen MR) is 69.2 cm³/mol. The van der Waals surface area contributed by atoms with Crippen molar-refractivity contribution >= 4 is 11.8 Å². The maximum Gasteiger partial charge on any atom is 0.165 e. The molecule has 4 nitrogen and oxygen atoms in total. The topological polar surface area (TPSA) is 63.9 Å². The van der Waals surface area contributed by atoms with E-state index in [1.807, 2.05) is 24.3 Å². The smallest absolute Gasteiger partial charge is 0.165 e. The summed E-state index contributed by atoms with van der Waals surface area (Å²) in [5, 5.41) is 0.892. The third-order valence-electron chi connectivity index (χ3n) is 2.39. The van der Waals surface area contributed by atoms with E-state index in [1.54, 1.807) is 31.3 Å². The van der Waals surface area contributed by atoms with Crippen LogP contribution in [-0.2, 0) is 0 Å². The van der Waals surface area contributed by atoms with Gasteiger partial charge >= 0.3 is 0 Å². The van der Waals surface area contributed by atoms with Crippen LogP contribution < -0.4 is 10.5 Å². The van der Waals surface area contributed by atoms with Gasteiger partial charge < -0.3 is 15.5 Å². The van der Waals surface area contributed by atoms with E-state index < -0.39 is 0 Å². The molecule has 1 aromatic heterocycles. The summed E-state index contributed by atoms with van der Waals surface area (Å²) < 4.78 is 5.17. The van der Waals surface area contributed by atoms with E-state index in [-0.39, 0.29) is 6.04 Å².